The summed E-state index contributed by atoms with van der Waals surface area (Å²) in [5.41, 5.74) is 0.200. The molecule has 1 N–H and O–H groups in total. The van der Waals surface area contributed by atoms with Crippen LogP contribution in [-0.2, 0) is 14.8 Å². The van der Waals surface area contributed by atoms with Gasteiger partial charge in [0.15, 0.2) is 5.78 Å². The molecule has 1 aromatic carbocycles. The van der Waals surface area contributed by atoms with Crippen molar-refractivity contribution in [1.29, 1.82) is 0 Å². The van der Waals surface area contributed by atoms with Crippen LogP contribution >= 0.6 is 27.5 Å². The number of ketones is 1. The van der Waals surface area contributed by atoms with Crippen molar-refractivity contribution in [3.63, 3.8) is 0 Å². The predicted octanol–water partition coefficient (Wildman–Crippen LogP) is 2.13. The summed E-state index contributed by atoms with van der Waals surface area (Å²) in [6.07, 6.45) is 0.0247. The minimum absolute atomic E-state index is 0.0247. The van der Waals surface area contributed by atoms with Crippen molar-refractivity contribution in [1.82, 2.24) is 4.72 Å². The molecule has 0 unspecified atom stereocenters. The van der Waals surface area contributed by atoms with E-state index in [1.807, 2.05) is 4.72 Å². The molecule has 0 radical (unpaired) electrons. The summed E-state index contributed by atoms with van der Waals surface area (Å²) in [6.45, 7) is 1.53. The van der Waals surface area contributed by atoms with Gasteiger partial charge < -0.3 is 0 Å². The zero-order valence-electron chi connectivity index (χ0n) is 9.94. The summed E-state index contributed by atoms with van der Waals surface area (Å²) in [5.74, 6) is -0.928. The quantitative estimate of drug-likeness (QED) is 0.638. The van der Waals surface area contributed by atoms with Crippen LogP contribution in [0.2, 0.25) is 5.02 Å². The van der Waals surface area contributed by atoms with Gasteiger partial charge in [0.1, 0.15) is 4.90 Å². The fourth-order valence-corrected chi connectivity index (χ4v) is 3.14. The summed E-state index contributed by atoms with van der Waals surface area (Å²) in [7, 11) is -4.07. The molecule has 0 fully saturated rings. The monoisotopic (exact) mass is 367 g/mol. The maximum absolute atomic E-state index is 11.9. The zero-order chi connectivity index (χ0) is 14.6. The van der Waals surface area contributed by atoms with E-state index >= 15 is 0 Å². The largest absolute Gasteiger partial charge is 0.293 e. The summed E-state index contributed by atoms with van der Waals surface area (Å²) >= 11 is 8.80. The number of Topliss-reactive ketones (excluding diaryl/α,β-unsaturated/α-hetero) is 1. The van der Waals surface area contributed by atoms with E-state index in [0.29, 0.717) is 0 Å². The van der Waals surface area contributed by atoms with E-state index in [0.717, 1.165) is 6.07 Å². The Balaban J connectivity index is 3.26. The number of carbonyl (C=O) groups excluding carboxylic acids is 2. The van der Waals surface area contributed by atoms with Gasteiger partial charge in [-0.2, -0.15) is 0 Å². The molecule has 0 saturated carbocycles. The molecular formula is C11H11BrClNO4S. The molecule has 0 bridgehead atoms. The van der Waals surface area contributed by atoms with Crippen LogP contribution in [0, 0.1) is 0 Å². The Kier molecular flexibility index (Phi) is 5.51. The summed E-state index contributed by atoms with van der Waals surface area (Å²) < 4.78 is 25.8. The molecule has 0 saturated heterocycles. The maximum atomic E-state index is 11.9. The van der Waals surface area contributed by atoms with Crippen LogP contribution in [0.5, 0.6) is 0 Å². The molecule has 0 aromatic heterocycles. The van der Waals surface area contributed by atoms with Crippen molar-refractivity contribution < 1.29 is 18.0 Å². The maximum Gasteiger partial charge on any atom is 0.265 e. The molecule has 1 amide bonds. The Hall–Kier alpha value is -0.920. The second kappa shape index (κ2) is 6.49. The van der Waals surface area contributed by atoms with Crippen molar-refractivity contribution in [2.24, 2.45) is 0 Å². The van der Waals surface area contributed by atoms with Gasteiger partial charge in [0.05, 0.1) is 10.4 Å². The highest BCUT2D eigenvalue weighted by Crippen LogP contribution is 2.23. The molecule has 5 nitrogen and oxygen atoms in total. The third-order valence-electron chi connectivity index (χ3n) is 2.23. The first-order chi connectivity index (χ1) is 8.81. The fourth-order valence-electron chi connectivity index (χ4n) is 1.24. The van der Waals surface area contributed by atoms with Gasteiger partial charge in [0.25, 0.3) is 10.0 Å². The van der Waals surface area contributed by atoms with Crippen molar-refractivity contribution in [3.05, 3.63) is 28.8 Å². The van der Waals surface area contributed by atoms with Crippen LogP contribution in [0.15, 0.2) is 23.1 Å². The highest BCUT2D eigenvalue weighted by Gasteiger charge is 2.21. The molecule has 104 valence electrons. The Morgan fingerprint density at radius 3 is 2.53 bits per heavy atom. The molecule has 0 atom stereocenters. The van der Waals surface area contributed by atoms with Gasteiger partial charge in [-0.25, -0.2) is 13.1 Å². The van der Waals surface area contributed by atoms with Crippen molar-refractivity contribution >= 4 is 49.2 Å². The van der Waals surface area contributed by atoms with Crippen LogP contribution in [0.25, 0.3) is 0 Å². The zero-order valence-corrected chi connectivity index (χ0v) is 13.1. The molecule has 0 aliphatic rings. The van der Waals surface area contributed by atoms with Gasteiger partial charge in [0, 0.05) is 12.0 Å². The lowest BCUT2D eigenvalue weighted by Crippen LogP contribution is -2.30. The molecule has 0 heterocycles. The average molecular weight is 369 g/mol. The second-order valence-electron chi connectivity index (χ2n) is 3.58. The third kappa shape index (κ3) is 4.02. The van der Waals surface area contributed by atoms with E-state index in [9.17, 15) is 18.0 Å². The Bertz CT molecular complexity index is 615. The highest BCUT2D eigenvalue weighted by molar-refractivity contribution is 9.09. The Labute approximate surface area is 124 Å². The number of amides is 1. The summed E-state index contributed by atoms with van der Waals surface area (Å²) in [6, 6.07) is 3.88. The molecule has 0 aliphatic heterocycles. The fraction of sp³-hybridized carbons (Fsp3) is 0.273. The molecule has 1 aromatic rings. The summed E-state index contributed by atoms with van der Waals surface area (Å²) in [4.78, 5) is 22.4. The van der Waals surface area contributed by atoms with Crippen LogP contribution in [0.3, 0.4) is 0 Å². The number of hydrogen-bond acceptors (Lipinski definition) is 4. The van der Waals surface area contributed by atoms with Crippen molar-refractivity contribution in [3.8, 4) is 0 Å². The second-order valence-corrected chi connectivity index (χ2v) is 6.20. The molecule has 19 heavy (non-hydrogen) atoms. The highest BCUT2D eigenvalue weighted by atomic mass is 79.9. The average Bonchev–Trinajstić information content (AvgIpc) is 2.37. The van der Waals surface area contributed by atoms with E-state index in [2.05, 4.69) is 15.9 Å². The number of carbonyl (C=O) groups is 2. The number of hydrogen-bond donors (Lipinski definition) is 1. The van der Waals surface area contributed by atoms with E-state index < -0.39 is 15.9 Å². The van der Waals surface area contributed by atoms with Gasteiger partial charge in [-0.3, -0.25) is 9.59 Å². The Morgan fingerprint density at radius 2 is 2.00 bits per heavy atom. The van der Waals surface area contributed by atoms with Gasteiger partial charge in [0.2, 0.25) is 5.91 Å². The number of alkyl halides is 1. The lowest BCUT2D eigenvalue weighted by Gasteiger charge is -2.09. The summed E-state index contributed by atoms with van der Waals surface area (Å²) in [5, 5.41) is 0.0117. The van der Waals surface area contributed by atoms with Crippen LogP contribution < -0.4 is 4.72 Å². The van der Waals surface area contributed by atoms with E-state index in [4.69, 9.17) is 11.6 Å². The number of sulfonamides is 1. The predicted molar refractivity (Wildman–Crippen MR) is 75.2 cm³/mol. The molecular weight excluding hydrogens is 358 g/mol. The molecule has 0 spiro atoms. The normalized spacial score (nSPS) is 11.1. The van der Waals surface area contributed by atoms with Gasteiger partial charge in [-0.05, 0) is 18.2 Å². The van der Waals surface area contributed by atoms with Crippen molar-refractivity contribution in [2.75, 3.05) is 5.33 Å². The molecule has 8 heteroatoms. The molecule has 0 aliphatic carbocycles. The number of rotatable bonds is 5. The number of halogens is 2. The molecule has 1 rings (SSSR count). The SMILES string of the molecule is CCC(=O)NS(=O)(=O)c1cc(C(=O)CBr)ccc1Cl. The smallest absolute Gasteiger partial charge is 0.265 e. The van der Waals surface area contributed by atoms with Crippen molar-refractivity contribution in [2.45, 2.75) is 18.2 Å². The minimum Gasteiger partial charge on any atom is -0.293 e. The first-order valence-corrected chi connectivity index (χ1v) is 8.24. The first-order valence-electron chi connectivity index (χ1n) is 5.26. The van der Waals surface area contributed by atoms with Gasteiger partial charge >= 0.3 is 0 Å². The number of nitrogens with one attached hydrogen (secondary N) is 1. The Morgan fingerprint density at radius 1 is 1.37 bits per heavy atom. The van der Waals surface area contributed by atoms with Crippen LogP contribution in [-0.4, -0.2) is 25.4 Å². The number of benzene rings is 1. The van der Waals surface area contributed by atoms with E-state index in [1.54, 1.807) is 0 Å². The topological polar surface area (TPSA) is 80.3 Å². The first kappa shape index (κ1) is 16.1. The van der Waals surface area contributed by atoms with E-state index in [1.165, 1.54) is 19.1 Å². The third-order valence-corrected chi connectivity index (χ3v) is 4.60. The lowest BCUT2D eigenvalue weighted by molar-refractivity contribution is -0.119. The van der Waals surface area contributed by atoms with E-state index in [-0.39, 0.29) is 33.0 Å². The van der Waals surface area contributed by atoms with Gasteiger partial charge in [-0.1, -0.05) is 34.5 Å². The van der Waals surface area contributed by atoms with Crippen LogP contribution in [0.1, 0.15) is 23.7 Å². The standard InChI is InChI=1S/C11H11BrClNO4S/c1-2-11(16)14-19(17,18)10-5-7(9(15)6-12)3-4-8(10)13/h3-5H,2,6H2,1H3,(H,14,16). The van der Waals surface area contributed by atoms with Gasteiger partial charge in [-0.15, -0.1) is 0 Å². The van der Waals surface area contributed by atoms with Crippen LogP contribution in [0.4, 0.5) is 0 Å². The minimum atomic E-state index is -4.07. The lowest BCUT2D eigenvalue weighted by atomic mass is 10.1.